The molecule has 0 radical (unpaired) electrons. The fourth-order valence-electron chi connectivity index (χ4n) is 3.58. The third-order valence-corrected chi connectivity index (χ3v) is 5.04. The van der Waals surface area contributed by atoms with E-state index < -0.39 is 0 Å². The lowest BCUT2D eigenvalue weighted by Crippen LogP contribution is -2.64. The lowest BCUT2D eigenvalue weighted by molar-refractivity contribution is -0.154. The van der Waals surface area contributed by atoms with Crippen LogP contribution in [0.15, 0.2) is 24.3 Å². The Kier molecular flexibility index (Phi) is 2.83. The highest BCUT2D eigenvalue weighted by molar-refractivity contribution is 5.44. The second kappa shape index (κ2) is 4.25. The molecule has 0 aromatic heterocycles. The van der Waals surface area contributed by atoms with E-state index in [2.05, 4.69) is 12.1 Å². The molecule has 2 N–H and O–H groups in total. The maximum atomic E-state index is 6.10. The summed E-state index contributed by atoms with van der Waals surface area (Å²) in [5, 5.41) is 0. The van der Waals surface area contributed by atoms with Crippen molar-refractivity contribution in [3.8, 4) is 5.75 Å². The predicted molar refractivity (Wildman–Crippen MR) is 70.8 cm³/mol. The van der Waals surface area contributed by atoms with Gasteiger partial charge in [0, 0.05) is 5.56 Å². The van der Waals surface area contributed by atoms with E-state index in [9.17, 15) is 0 Å². The van der Waals surface area contributed by atoms with Crippen LogP contribution in [0.2, 0.25) is 0 Å². The Bertz CT molecular complexity index is 430. The maximum Gasteiger partial charge on any atom is 0.122 e. The van der Waals surface area contributed by atoms with Crippen molar-refractivity contribution < 1.29 is 9.47 Å². The van der Waals surface area contributed by atoms with Crippen LogP contribution in [0.3, 0.4) is 0 Å². The molecule has 1 aliphatic heterocycles. The smallest absolute Gasteiger partial charge is 0.122 e. The summed E-state index contributed by atoms with van der Waals surface area (Å²) in [6, 6.07) is 8.32. The fraction of sp³-hybridized carbons (Fsp3) is 0.600. The lowest BCUT2D eigenvalue weighted by Gasteiger charge is -2.60. The third-order valence-electron chi connectivity index (χ3n) is 5.04. The molecule has 3 heteroatoms. The first kappa shape index (κ1) is 12.0. The summed E-state index contributed by atoms with van der Waals surface area (Å²) in [5.74, 6) is 0.973. The first-order valence-corrected chi connectivity index (χ1v) is 6.69. The number of ether oxygens (including phenoxy) is 2. The SMILES string of the molecule is COc1ccccc1C1(C2(CN)CCC2)COC1. The lowest BCUT2D eigenvalue weighted by atomic mass is 9.49. The summed E-state index contributed by atoms with van der Waals surface area (Å²) < 4.78 is 11.1. The van der Waals surface area contributed by atoms with E-state index in [0.717, 1.165) is 25.5 Å². The summed E-state index contributed by atoms with van der Waals surface area (Å²) >= 11 is 0. The molecular formula is C15H21NO2. The van der Waals surface area contributed by atoms with E-state index in [4.69, 9.17) is 15.2 Å². The topological polar surface area (TPSA) is 44.5 Å². The third kappa shape index (κ3) is 1.38. The van der Waals surface area contributed by atoms with Crippen molar-refractivity contribution in [3.63, 3.8) is 0 Å². The van der Waals surface area contributed by atoms with Crippen molar-refractivity contribution in [2.45, 2.75) is 24.7 Å². The molecule has 1 aliphatic carbocycles. The average Bonchev–Trinajstić information content (AvgIpc) is 2.31. The molecule has 0 amide bonds. The van der Waals surface area contributed by atoms with Gasteiger partial charge in [-0.15, -0.1) is 0 Å². The molecule has 0 unspecified atom stereocenters. The van der Waals surface area contributed by atoms with Crippen molar-refractivity contribution in [2.24, 2.45) is 11.1 Å². The van der Waals surface area contributed by atoms with Crippen LogP contribution < -0.4 is 10.5 Å². The van der Waals surface area contributed by atoms with Gasteiger partial charge < -0.3 is 15.2 Å². The minimum Gasteiger partial charge on any atom is -0.496 e. The number of hydrogen-bond donors (Lipinski definition) is 1. The number of para-hydroxylation sites is 1. The van der Waals surface area contributed by atoms with Crippen molar-refractivity contribution in [3.05, 3.63) is 29.8 Å². The summed E-state index contributed by atoms with van der Waals surface area (Å²) in [7, 11) is 1.74. The summed E-state index contributed by atoms with van der Waals surface area (Å²) in [6.07, 6.45) is 3.71. The highest BCUT2D eigenvalue weighted by Gasteiger charge is 2.59. The van der Waals surface area contributed by atoms with E-state index in [0.29, 0.717) is 0 Å². The number of nitrogens with two attached hydrogens (primary N) is 1. The quantitative estimate of drug-likeness (QED) is 0.886. The second-order valence-electron chi connectivity index (χ2n) is 5.61. The van der Waals surface area contributed by atoms with Crippen molar-refractivity contribution in [2.75, 3.05) is 26.9 Å². The Morgan fingerprint density at radius 2 is 2.00 bits per heavy atom. The van der Waals surface area contributed by atoms with Crippen LogP contribution in [-0.2, 0) is 10.2 Å². The monoisotopic (exact) mass is 247 g/mol. The molecule has 1 aromatic carbocycles. The van der Waals surface area contributed by atoms with Crippen LogP contribution in [0, 0.1) is 5.41 Å². The number of methoxy groups -OCH3 is 1. The van der Waals surface area contributed by atoms with Crippen molar-refractivity contribution in [1.82, 2.24) is 0 Å². The Labute approximate surface area is 108 Å². The van der Waals surface area contributed by atoms with Crippen molar-refractivity contribution in [1.29, 1.82) is 0 Å². The van der Waals surface area contributed by atoms with Gasteiger partial charge in [0.25, 0.3) is 0 Å². The number of rotatable bonds is 4. The van der Waals surface area contributed by atoms with Crippen LogP contribution >= 0.6 is 0 Å². The normalized spacial score (nSPS) is 23.9. The largest absolute Gasteiger partial charge is 0.496 e. The maximum absolute atomic E-state index is 6.10. The van der Waals surface area contributed by atoms with Gasteiger partial charge in [0.1, 0.15) is 5.75 Å². The van der Waals surface area contributed by atoms with E-state index in [1.165, 1.54) is 24.8 Å². The minimum absolute atomic E-state index is 0.0760. The number of benzene rings is 1. The van der Waals surface area contributed by atoms with Crippen LogP contribution in [0.1, 0.15) is 24.8 Å². The molecule has 2 aliphatic rings. The van der Waals surface area contributed by atoms with Gasteiger partial charge in [-0.1, -0.05) is 24.6 Å². The molecule has 0 spiro atoms. The highest BCUT2D eigenvalue weighted by Crippen LogP contribution is 2.59. The Morgan fingerprint density at radius 3 is 2.44 bits per heavy atom. The van der Waals surface area contributed by atoms with Gasteiger partial charge in [0.2, 0.25) is 0 Å². The number of hydrogen-bond acceptors (Lipinski definition) is 3. The standard InChI is InChI=1S/C15H21NO2/c1-17-13-6-3-2-5-12(13)15(10-18-11-15)14(9-16)7-4-8-14/h2-3,5-6H,4,7-11,16H2,1H3. The first-order valence-electron chi connectivity index (χ1n) is 6.69. The molecule has 18 heavy (non-hydrogen) atoms. The Hall–Kier alpha value is -1.06. The molecular weight excluding hydrogens is 226 g/mol. The van der Waals surface area contributed by atoms with Crippen LogP contribution in [-0.4, -0.2) is 26.9 Å². The Balaban J connectivity index is 2.06. The van der Waals surface area contributed by atoms with Gasteiger partial charge in [-0.05, 0) is 30.9 Å². The van der Waals surface area contributed by atoms with E-state index in [1.807, 2.05) is 12.1 Å². The summed E-state index contributed by atoms with van der Waals surface area (Å²) in [5.41, 5.74) is 7.68. The molecule has 1 heterocycles. The van der Waals surface area contributed by atoms with E-state index in [1.54, 1.807) is 7.11 Å². The minimum atomic E-state index is 0.0760. The molecule has 1 saturated carbocycles. The zero-order chi connectivity index (χ0) is 12.6. The zero-order valence-electron chi connectivity index (χ0n) is 10.9. The summed E-state index contributed by atoms with van der Waals surface area (Å²) in [6.45, 7) is 2.31. The highest BCUT2D eigenvalue weighted by atomic mass is 16.5. The molecule has 98 valence electrons. The molecule has 1 saturated heterocycles. The van der Waals surface area contributed by atoms with Crippen molar-refractivity contribution >= 4 is 0 Å². The van der Waals surface area contributed by atoms with Crippen LogP contribution in [0.5, 0.6) is 5.75 Å². The molecule has 3 nitrogen and oxygen atoms in total. The Morgan fingerprint density at radius 1 is 1.28 bits per heavy atom. The average molecular weight is 247 g/mol. The first-order chi connectivity index (χ1) is 8.78. The van der Waals surface area contributed by atoms with Crippen LogP contribution in [0.4, 0.5) is 0 Å². The van der Waals surface area contributed by atoms with Gasteiger partial charge in [-0.25, -0.2) is 0 Å². The molecule has 2 fully saturated rings. The van der Waals surface area contributed by atoms with Gasteiger partial charge in [-0.2, -0.15) is 0 Å². The molecule has 3 rings (SSSR count). The van der Waals surface area contributed by atoms with Gasteiger partial charge in [0.15, 0.2) is 0 Å². The summed E-state index contributed by atoms with van der Waals surface area (Å²) in [4.78, 5) is 0. The van der Waals surface area contributed by atoms with E-state index in [-0.39, 0.29) is 10.8 Å². The van der Waals surface area contributed by atoms with Gasteiger partial charge in [0.05, 0.1) is 25.7 Å². The molecule has 0 bridgehead atoms. The zero-order valence-corrected chi connectivity index (χ0v) is 10.9. The van der Waals surface area contributed by atoms with E-state index >= 15 is 0 Å². The van der Waals surface area contributed by atoms with Gasteiger partial charge >= 0.3 is 0 Å². The fourth-order valence-corrected chi connectivity index (χ4v) is 3.58. The van der Waals surface area contributed by atoms with Crippen LogP contribution in [0.25, 0.3) is 0 Å². The van der Waals surface area contributed by atoms with Gasteiger partial charge in [-0.3, -0.25) is 0 Å². The second-order valence-corrected chi connectivity index (χ2v) is 5.61. The molecule has 0 atom stereocenters. The molecule has 1 aromatic rings. The predicted octanol–water partition coefficient (Wildman–Crippen LogP) is 2.09.